The molecule has 3 aromatic heterocycles. The molecule has 1 aliphatic rings. The third-order valence-corrected chi connectivity index (χ3v) is 4.05. The number of rotatable bonds is 4. The van der Waals surface area contributed by atoms with E-state index < -0.39 is 12.1 Å². The van der Waals surface area contributed by atoms with Gasteiger partial charge in [0, 0.05) is 19.1 Å². The average Bonchev–Trinajstić information content (AvgIpc) is 3.13. The Balaban J connectivity index is 1.36. The number of hydrogen-bond acceptors (Lipinski definition) is 8. The molecule has 0 N–H and O–H groups in total. The Bertz CT molecular complexity index is 885. The van der Waals surface area contributed by atoms with Crippen LogP contribution >= 0.6 is 0 Å². The van der Waals surface area contributed by atoms with Crippen molar-refractivity contribution < 1.29 is 17.6 Å². The largest absolute Gasteiger partial charge is 0.470 e. The SMILES string of the molecule is CN(Cc1nnc(C(F)(F)F)o1)C1CN(c2ccc3nncn3n2)C1. The molecule has 0 atom stereocenters. The first-order valence-electron chi connectivity index (χ1n) is 7.42. The summed E-state index contributed by atoms with van der Waals surface area (Å²) < 4.78 is 43.6. The highest BCUT2D eigenvalue weighted by Gasteiger charge is 2.38. The normalized spacial score (nSPS) is 16.0. The second-order valence-electron chi connectivity index (χ2n) is 5.80. The molecule has 0 spiro atoms. The number of aromatic nitrogens is 6. The fourth-order valence-corrected chi connectivity index (χ4v) is 2.58. The van der Waals surface area contributed by atoms with Crippen molar-refractivity contribution in [1.29, 1.82) is 0 Å². The minimum atomic E-state index is -4.62. The minimum Gasteiger partial charge on any atom is -0.416 e. The molecular weight excluding hydrogens is 341 g/mol. The summed E-state index contributed by atoms with van der Waals surface area (Å²) in [4.78, 5) is 3.93. The van der Waals surface area contributed by atoms with E-state index in [9.17, 15) is 13.2 Å². The fourth-order valence-electron chi connectivity index (χ4n) is 2.58. The summed E-state index contributed by atoms with van der Waals surface area (Å²) in [6.45, 7) is 1.54. The molecule has 1 aliphatic heterocycles. The maximum atomic E-state index is 12.5. The summed E-state index contributed by atoms with van der Waals surface area (Å²) in [6, 6.07) is 3.83. The first-order chi connectivity index (χ1) is 11.9. The highest BCUT2D eigenvalue weighted by atomic mass is 19.4. The van der Waals surface area contributed by atoms with Gasteiger partial charge >= 0.3 is 12.1 Å². The van der Waals surface area contributed by atoms with Crippen molar-refractivity contribution in [2.45, 2.75) is 18.8 Å². The smallest absolute Gasteiger partial charge is 0.416 e. The van der Waals surface area contributed by atoms with Gasteiger partial charge in [0.05, 0.1) is 6.54 Å². The first kappa shape index (κ1) is 15.7. The number of anilines is 1. The zero-order chi connectivity index (χ0) is 17.6. The molecule has 0 saturated carbocycles. The van der Waals surface area contributed by atoms with Gasteiger partial charge in [-0.25, -0.2) is 0 Å². The lowest BCUT2D eigenvalue weighted by atomic mass is 10.1. The highest BCUT2D eigenvalue weighted by Crippen LogP contribution is 2.28. The number of hydrogen-bond donors (Lipinski definition) is 0. The topological polar surface area (TPSA) is 88.5 Å². The van der Waals surface area contributed by atoms with Gasteiger partial charge in [0.15, 0.2) is 5.65 Å². The number of fused-ring (bicyclic) bond motifs is 1. The first-order valence-corrected chi connectivity index (χ1v) is 7.42. The number of nitrogens with zero attached hydrogens (tertiary/aromatic N) is 8. The van der Waals surface area contributed by atoms with Crippen molar-refractivity contribution in [2.24, 2.45) is 0 Å². The van der Waals surface area contributed by atoms with Crippen LogP contribution in [0.2, 0.25) is 0 Å². The Labute approximate surface area is 139 Å². The molecule has 0 aromatic carbocycles. The van der Waals surface area contributed by atoms with Crippen LogP contribution in [0, 0.1) is 0 Å². The molecule has 0 radical (unpaired) electrons. The van der Waals surface area contributed by atoms with Crippen LogP contribution in [0.4, 0.5) is 19.0 Å². The molecule has 132 valence electrons. The Morgan fingerprint density at radius 1 is 1.24 bits per heavy atom. The predicted octanol–water partition coefficient (Wildman–Crippen LogP) is 0.847. The van der Waals surface area contributed by atoms with Gasteiger partial charge in [-0.2, -0.15) is 17.7 Å². The van der Waals surface area contributed by atoms with E-state index in [4.69, 9.17) is 0 Å². The summed E-state index contributed by atoms with van der Waals surface area (Å²) in [5, 5.41) is 18.5. The molecule has 12 heteroatoms. The van der Waals surface area contributed by atoms with Crippen molar-refractivity contribution >= 4 is 11.5 Å². The van der Waals surface area contributed by atoms with Crippen LogP contribution in [0.25, 0.3) is 5.65 Å². The van der Waals surface area contributed by atoms with Crippen molar-refractivity contribution in [2.75, 3.05) is 25.0 Å². The molecule has 4 heterocycles. The lowest BCUT2D eigenvalue weighted by Gasteiger charge is -2.44. The summed E-state index contributed by atoms with van der Waals surface area (Å²) in [5.74, 6) is -0.594. The average molecular weight is 354 g/mol. The summed E-state index contributed by atoms with van der Waals surface area (Å²) in [6.07, 6.45) is -3.10. The lowest BCUT2D eigenvalue weighted by Crippen LogP contribution is -2.58. The lowest BCUT2D eigenvalue weighted by molar-refractivity contribution is -0.157. The van der Waals surface area contributed by atoms with Crippen LogP contribution in [0.15, 0.2) is 22.9 Å². The molecule has 0 bridgehead atoms. The molecule has 9 nitrogen and oxygen atoms in total. The monoisotopic (exact) mass is 354 g/mol. The third-order valence-electron chi connectivity index (χ3n) is 4.05. The van der Waals surface area contributed by atoms with Gasteiger partial charge in [-0.1, -0.05) is 0 Å². The van der Waals surface area contributed by atoms with E-state index in [0.717, 1.165) is 5.82 Å². The second kappa shape index (κ2) is 5.65. The molecule has 25 heavy (non-hydrogen) atoms. The van der Waals surface area contributed by atoms with Gasteiger partial charge in [-0.15, -0.1) is 25.5 Å². The van der Waals surface area contributed by atoms with Crippen molar-refractivity contribution in [3.63, 3.8) is 0 Å². The Morgan fingerprint density at radius 3 is 2.76 bits per heavy atom. The maximum absolute atomic E-state index is 12.5. The van der Waals surface area contributed by atoms with E-state index in [-0.39, 0.29) is 18.5 Å². The summed E-state index contributed by atoms with van der Waals surface area (Å²) >= 11 is 0. The van der Waals surface area contributed by atoms with E-state index >= 15 is 0 Å². The zero-order valence-corrected chi connectivity index (χ0v) is 13.1. The van der Waals surface area contributed by atoms with Crippen LogP contribution in [0.5, 0.6) is 0 Å². The van der Waals surface area contributed by atoms with Gasteiger partial charge < -0.3 is 9.32 Å². The van der Waals surface area contributed by atoms with E-state index in [1.807, 2.05) is 17.0 Å². The summed E-state index contributed by atoms with van der Waals surface area (Å²) in [7, 11) is 1.80. The van der Waals surface area contributed by atoms with E-state index in [1.54, 1.807) is 11.6 Å². The highest BCUT2D eigenvalue weighted by molar-refractivity contribution is 5.47. The Morgan fingerprint density at radius 2 is 2.04 bits per heavy atom. The molecule has 4 rings (SSSR count). The van der Waals surface area contributed by atoms with Gasteiger partial charge in [0.25, 0.3) is 0 Å². The Hall–Kier alpha value is -2.76. The molecule has 1 fully saturated rings. The number of alkyl halides is 3. The predicted molar refractivity (Wildman–Crippen MR) is 77.6 cm³/mol. The van der Waals surface area contributed by atoms with E-state index in [0.29, 0.717) is 18.7 Å². The summed E-state index contributed by atoms with van der Waals surface area (Å²) in [5.41, 5.74) is 0.662. The molecule has 0 aliphatic carbocycles. The van der Waals surface area contributed by atoms with Crippen molar-refractivity contribution in [3.8, 4) is 0 Å². The van der Waals surface area contributed by atoms with E-state index in [2.05, 4.69) is 34.8 Å². The van der Waals surface area contributed by atoms with Crippen LogP contribution in [0.1, 0.15) is 11.8 Å². The molecule has 0 amide bonds. The van der Waals surface area contributed by atoms with Gasteiger partial charge in [-0.05, 0) is 19.2 Å². The van der Waals surface area contributed by atoms with Crippen LogP contribution < -0.4 is 4.90 Å². The molecular formula is C13H13F3N8O. The molecule has 0 unspecified atom stereocenters. The van der Waals surface area contributed by atoms with Crippen LogP contribution in [0.3, 0.4) is 0 Å². The van der Waals surface area contributed by atoms with Gasteiger partial charge in [-0.3, -0.25) is 4.90 Å². The minimum absolute atomic E-state index is 0.0580. The quantitative estimate of drug-likeness (QED) is 0.681. The molecule has 1 saturated heterocycles. The van der Waals surface area contributed by atoms with E-state index in [1.165, 1.54) is 6.33 Å². The number of likely N-dealkylation sites (N-methyl/N-ethyl adjacent to an activating group) is 1. The molecule has 3 aromatic rings. The van der Waals surface area contributed by atoms with Crippen molar-refractivity contribution in [3.05, 3.63) is 30.2 Å². The van der Waals surface area contributed by atoms with Crippen molar-refractivity contribution in [1.82, 2.24) is 34.9 Å². The maximum Gasteiger partial charge on any atom is 0.470 e. The fraction of sp³-hybridized carbons (Fsp3) is 0.462. The standard InChI is InChI=1S/C13H13F3N8O/c1-22(6-11-19-20-12(25-11)13(14,15)16)8-4-23(5-8)10-3-2-9-18-17-7-24(9)21-10/h2-3,7-8H,4-6H2,1H3. The van der Waals surface area contributed by atoms with Crippen LogP contribution in [-0.2, 0) is 12.7 Å². The van der Waals surface area contributed by atoms with Crippen LogP contribution in [-0.4, -0.2) is 61.1 Å². The van der Waals surface area contributed by atoms with Gasteiger partial charge in [0.2, 0.25) is 5.89 Å². The Kier molecular flexibility index (Phi) is 3.56. The second-order valence-corrected chi connectivity index (χ2v) is 5.80. The van der Waals surface area contributed by atoms with Gasteiger partial charge in [0.1, 0.15) is 12.1 Å². The number of halogens is 3. The zero-order valence-electron chi connectivity index (χ0n) is 13.1. The third kappa shape index (κ3) is 2.99.